The number of nitrogens with one attached hydrogen (secondary N) is 3. The van der Waals surface area contributed by atoms with Crippen LogP contribution in [0.25, 0.3) is 11.3 Å². The molecular formula is C43H45N9O7. The molecule has 3 aromatic carbocycles. The second-order valence-corrected chi connectivity index (χ2v) is 15.2. The number of carbonyl (C=O) groups excluding carboxylic acids is 6. The molecule has 1 aromatic heterocycles. The molecule has 4 aromatic rings. The van der Waals surface area contributed by atoms with Crippen molar-refractivity contribution in [1.29, 1.82) is 0 Å². The third kappa shape index (κ3) is 7.85. The molecule has 5 N–H and O–H groups in total. The zero-order valence-electron chi connectivity index (χ0n) is 32.6. The lowest BCUT2D eigenvalue weighted by Gasteiger charge is -2.38. The molecule has 4 aliphatic heterocycles. The number of likely N-dealkylation sites (N-methyl/N-ethyl adjacent to an activating group) is 1. The lowest BCUT2D eigenvalue weighted by atomic mass is 9.87. The lowest BCUT2D eigenvalue weighted by Crippen LogP contribution is -2.54. The van der Waals surface area contributed by atoms with Gasteiger partial charge in [0.1, 0.15) is 34.6 Å². The quantitative estimate of drug-likeness (QED) is 0.119. The molecule has 0 aliphatic carbocycles. The molecule has 1 unspecified atom stereocenters. The van der Waals surface area contributed by atoms with Crippen LogP contribution < -0.4 is 26.4 Å². The van der Waals surface area contributed by atoms with Gasteiger partial charge in [-0.15, -0.1) is 0 Å². The van der Waals surface area contributed by atoms with Crippen molar-refractivity contribution >= 4 is 46.9 Å². The number of fused-ring (bicyclic) bond motifs is 2. The highest BCUT2D eigenvalue weighted by atomic mass is 16.5. The molecule has 59 heavy (non-hydrogen) atoms. The van der Waals surface area contributed by atoms with E-state index in [-0.39, 0.29) is 41.8 Å². The fourth-order valence-electron chi connectivity index (χ4n) is 8.39. The SMILES string of the molecule is CN(/C=C/C(=O)N1CCC([C@@H]2CCNc3c(C(N)=O)c(-c4ccc(Oc5ccccc5)cc4)nn32)CC1)CCNc1cccc2c1C(=O)N(C1CCC(=O)NC1=O)C2=O. The van der Waals surface area contributed by atoms with Gasteiger partial charge >= 0.3 is 0 Å². The fourth-order valence-corrected chi connectivity index (χ4v) is 8.39. The second kappa shape index (κ2) is 16.5. The molecule has 0 saturated carbocycles. The average molecular weight is 800 g/mol. The van der Waals surface area contributed by atoms with Gasteiger partial charge in [-0.3, -0.25) is 39.0 Å². The van der Waals surface area contributed by atoms with Crippen LogP contribution in [0.2, 0.25) is 0 Å². The van der Waals surface area contributed by atoms with Crippen molar-refractivity contribution in [2.75, 3.05) is 50.4 Å². The minimum Gasteiger partial charge on any atom is -0.457 e. The van der Waals surface area contributed by atoms with E-state index in [4.69, 9.17) is 15.6 Å². The topological polar surface area (TPSA) is 201 Å². The Labute approximate surface area is 340 Å². The van der Waals surface area contributed by atoms with Gasteiger partial charge in [-0.2, -0.15) is 5.10 Å². The first-order valence-corrected chi connectivity index (χ1v) is 19.8. The zero-order chi connectivity index (χ0) is 41.2. The van der Waals surface area contributed by atoms with Gasteiger partial charge in [-0.25, -0.2) is 4.68 Å². The van der Waals surface area contributed by atoms with Crippen LogP contribution in [0.1, 0.15) is 69.2 Å². The summed E-state index contributed by atoms with van der Waals surface area (Å²) < 4.78 is 7.87. The van der Waals surface area contributed by atoms with Crippen LogP contribution >= 0.6 is 0 Å². The predicted octanol–water partition coefficient (Wildman–Crippen LogP) is 4.00. The van der Waals surface area contributed by atoms with Gasteiger partial charge in [0.2, 0.25) is 17.7 Å². The van der Waals surface area contributed by atoms with Crippen molar-refractivity contribution < 1.29 is 33.5 Å². The number of aromatic nitrogens is 2. The summed E-state index contributed by atoms with van der Waals surface area (Å²) >= 11 is 0. The van der Waals surface area contributed by atoms with Crippen LogP contribution in [0.5, 0.6) is 11.5 Å². The maximum absolute atomic E-state index is 13.4. The molecular weight excluding hydrogens is 755 g/mol. The largest absolute Gasteiger partial charge is 0.457 e. The van der Waals surface area contributed by atoms with E-state index in [1.165, 1.54) is 0 Å². The van der Waals surface area contributed by atoms with Crippen molar-refractivity contribution in [3.05, 3.63) is 102 Å². The number of likely N-dealkylation sites (tertiary alicyclic amines) is 1. The maximum Gasteiger partial charge on any atom is 0.264 e. The number of benzene rings is 3. The molecule has 5 heterocycles. The summed E-state index contributed by atoms with van der Waals surface area (Å²) in [7, 11) is 1.84. The lowest BCUT2D eigenvalue weighted by molar-refractivity contribution is -0.136. The summed E-state index contributed by atoms with van der Waals surface area (Å²) in [6, 6.07) is 20.8. The van der Waals surface area contributed by atoms with E-state index in [2.05, 4.69) is 16.0 Å². The molecule has 0 radical (unpaired) electrons. The van der Waals surface area contributed by atoms with E-state index in [0.29, 0.717) is 61.2 Å². The van der Waals surface area contributed by atoms with Gasteiger partial charge in [-0.1, -0.05) is 24.3 Å². The number of hydrogen-bond donors (Lipinski definition) is 4. The highest BCUT2D eigenvalue weighted by molar-refractivity contribution is 6.25. The van der Waals surface area contributed by atoms with Crippen molar-refractivity contribution in [2.24, 2.45) is 11.7 Å². The minimum absolute atomic E-state index is 0.0324. The van der Waals surface area contributed by atoms with Gasteiger partial charge in [0, 0.05) is 69.7 Å². The standard InChI is InChI=1S/C43H45N9O7/c1-49(25-21-45-31-9-5-8-30-36(31)43(58)51(42(30)57)33-14-15-34(53)47-41(33)56)22-19-35(54)50-23-17-26(18-24-50)32-16-20-46-40-37(39(44)55)38(48-52(32)40)27-10-12-29(13-11-27)59-28-6-3-2-4-7-28/h2-13,19,22,26,32-33,45-46H,14-18,20-21,23-25H2,1H3,(H2,44,55)(H,47,53,56)/b22-19+/t32-,33?/m0/s1. The summed E-state index contributed by atoms with van der Waals surface area (Å²) in [5.74, 6) is -0.626. The summed E-state index contributed by atoms with van der Waals surface area (Å²) in [5.41, 5.74) is 8.43. The summed E-state index contributed by atoms with van der Waals surface area (Å²) in [6.07, 6.45) is 5.78. The highest BCUT2D eigenvalue weighted by Crippen LogP contribution is 2.40. The molecule has 2 atom stereocenters. The monoisotopic (exact) mass is 799 g/mol. The Morgan fingerprint density at radius 3 is 2.41 bits per heavy atom. The molecule has 16 heteroatoms. The van der Waals surface area contributed by atoms with Gasteiger partial charge < -0.3 is 30.9 Å². The van der Waals surface area contributed by atoms with Crippen LogP contribution in [-0.2, 0) is 14.4 Å². The number of rotatable bonds is 12. The number of anilines is 2. The van der Waals surface area contributed by atoms with E-state index < -0.39 is 35.6 Å². The molecule has 2 fully saturated rings. The van der Waals surface area contributed by atoms with Crippen LogP contribution in [0.15, 0.2) is 85.1 Å². The van der Waals surface area contributed by atoms with Crippen LogP contribution in [0, 0.1) is 5.92 Å². The zero-order valence-corrected chi connectivity index (χ0v) is 32.6. The molecule has 0 spiro atoms. The molecule has 0 bridgehead atoms. The number of primary amides is 1. The highest BCUT2D eigenvalue weighted by Gasteiger charge is 2.45. The normalized spacial score (nSPS) is 19.3. The number of para-hydroxylation sites is 1. The van der Waals surface area contributed by atoms with Crippen molar-refractivity contribution in [3.63, 3.8) is 0 Å². The number of ether oxygens (including phenoxy) is 1. The molecule has 304 valence electrons. The number of imide groups is 2. The third-order valence-electron chi connectivity index (χ3n) is 11.4. The van der Waals surface area contributed by atoms with Crippen LogP contribution in [0.4, 0.5) is 11.5 Å². The predicted molar refractivity (Wildman–Crippen MR) is 218 cm³/mol. The molecule has 4 aliphatic rings. The Morgan fingerprint density at radius 2 is 1.68 bits per heavy atom. The smallest absolute Gasteiger partial charge is 0.264 e. The molecule has 6 amide bonds. The van der Waals surface area contributed by atoms with E-state index >= 15 is 0 Å². The Balaban J connectivity index is 0.846. The number of piperidine rings is 2. The van der Waals surface area contributed by atoms with Crippen LogP contribution in [-0.4, -0.2) is 106 Å². The molecule has 2 saturated heterocycles. The van der Waals surface area contributed by atoms with Gasteiger partial charge in [0.15, 0.2) is 0 Å². The summed E-state index contributed by atoms with van der Waals surface area (Å²) in [4.78, 5) is 81.4. The third-order valence-corrected chi connectivity index (χ3v) is 11.4. The van der Waals surface area contributed by atoms with E-state index in [9.17, 15) is 28.8 Å². The maximum atomic E-state index is 13.4. The number of nitrogens with zero attached hydrogens (tertiary/aromatic N) is 5. The number of amides is 6. The van der Waals surface area contributed by atoms with Gasteiger partial charge in [0.05, 0.1) is 17.2 Å². The van der Waals surface area contributed by atoms with E-state index in [1.807, 2.05) is 76.1 Å². The molecule has 8 rings (SSSR count). The van der Waals surface area contributed by atoms with Crippen molar-refractivity contribution in [2.45, 2.75) is 44.2 Å². The van der Waals surface area contributed by atoms with E-state index in [0.717, 1.165) is 35.5 Å². The Kier molecular flexibility index (Phi) is 10.9. The van der Waals surface area contributed by atoms with Crippen molar-refractivity contribution in [1.82, 2.24) is 29.8 Å². The van der Waals surface area contributed by atoms with Gasteiger partial charge in [-0.05, 0) is 80.1 Å². The Bertz CT molecular complexity index is 2330. The minimum atomic E-state index is -1.04. The average Bonchev–Trinajstić information content (AvgIpc) is 3.76. The number of carbonyl (C=O) groups is 6. The number of hydrogen-bond acceptors (Lipinski definition) is 11. The summed E-state index contributed by atoms with van der Waals surface area (Å²) in [5, 5.41) is 13.8. The Hall–Kier alpha value is -6.97. The molecule has 16 nitrogen and oxygen atoms in total. The van der Waals surface area contributed by atoms with Crippen molar-refractivity contribution in [3.8, 4) is 22.8 Å². The van der Waals surface area contributed by atoms with Gasteiger partial charge in [0.25, 0.3) is 17.7 Å². The summed E-state index contributed by atoms with van der Waals surface area (Å²) in [6.45, 7) is 2.72. The van der Waals surface area contributed by atoms with E-state index in [1.54, 1.807) is 30.5 Å². The first-order chi connectivity index (χ1) is 28.6. The first kappa shape index (κ1) is 38.9. The number of nitrogens with two attached hydrogens (primary N) is 1. The second-order valence-electron chi connectivity index (χ2n) is 15.2. The Morgan fingerprint density at radius 1 is 0.932 bits per heavy atom. The first-order valence-electron chi connectivity index (χ1n) is 19.8. The fraction of sp³-hybridized carbons (Fsp3) is 0.326. The van der Waals surface area contributed by atoms with Crippen LogP contribution in [0.3, 0.4) is 0 Å².